The maximum atomic E-state index is 13.0. The number of nitrogens with one attached hydrogen (secondary N) is 2. The molecule has 1 aromatic heterocycles. The number of guanidine groups is 1. The second-order valence-electron chi connectivity index (χ2n) is 7.85. The van der Waals surface area contributed by atoms with Gasteiger partial charge in [0.1, 0.15) is 18.1 Å². The van der Waals surface area contributed by atoms with E-state index in [1.807, 2.05) is 26.1 Å². The van der Waals surface area contributed by atoms with Crippen LogP contribution in [0.1, 0.15) is 44.9 Å². The molecular formula is C21H33FIN5O. The molecule has 0 saturated carbocycles. The molecule has 0 radical (unpaired) electrons. The lowest BCUT2D eigenvalue weighted by Gasteiger charge is -2.18. The standard InChI is InChI=1S/C21H32FN5O.HI/c1-6-23-20(26-14-19-25-13-18(28-19)21(2,3)4)24-11-12-27(5)15-16-7-9-17(22)10-8-16;/h7-10,13H,6,11-12,14-15H2,1-5H3,(H2,23,24,26);1H. The largest absolute Gasteiger partial charge is 0.443 e. The van der Waals surface area contributed by atoms with Crippen LogP contribution in [0, 0.1) is 5.82 Å². The summed E-state index contributed by atoms with van der Waals surface area (Å²) in [5, 5.41) is 6.55. The summed E-state index contributed by atoms with van der Waals surface area (Å²) in [7, 11) is 2.04. The minimum Gasteiger partial charge on any atom is -0.443 e. The molecule has 0 spiro atoms. The highest BCUT2D eigenvalue weighted by atomic mass is 127. The van der Waals surface area contributed by atoms with E-state index in [2.05, 4.69) is 46.3 Å². The SMILES string of the molecule is CCNC(=NCc1ncc(C(C)(C)C)o1)NCCN(C)Cc1ccc(F)cc1.I. The summed E-state index contributed by atoms with van der Waals surface area (Å²) >= 11 is 0. The molecule has 0 saturated heterocycles. The van der Waals surface area contributed by atoms with Gasteiger partial charge in [0.05, 0.1) is 6.20 Å². The molecule has 2 rings (SSSR count). The molecule has 0 atom stereocenters. The van der Waals surface area contributed by atoms with E-state index in [-0.39, 0.29) is 35.2 Å². The fourth-order valence-electron chi connectivity index (χ4n) is 2.56. The Kier molecular flexibility index (Phi) is 10.6. The van der Waals surface area contributed by atoms with Gasteiger partial charge in [-0.1, -0.05) is 32.9 Å². The van der Waals surface area contributed by atoms with Crippen molar-refractivity contribution in [3.63, 3.8) is 0 Å². The van der Waals surface area contributed by atoms with Gasteiger partial charge in [-0.2, -0.15) is 0 Å². The van der Waals surface area contributed by atoms with Crippen molar-refractivity contribution in [2.24, 2.45) is 4.99 Å². The van der Waals surface area contributed by atoms with E-state index >= 15 is 0 Å². The summed E-state index contributed by atoms with van der Waals surface area (Å²) in [6.45, 7) is 11.8. The van der Waals surface area contributed by atoms with Gasteiger partial charge >= 0.3 is 0 Å². The van der Waals surface area contributed by atoms with Crippen LogP contribution >= 0.6 is 24.0 Å². The molecule has 0 amide bonds. The number of oxazole rings is 1. The molecule has 29 heavy (non-hydrogen) atoms. The Hall–Kier alpha value is -1.68. The minimum atomic E-state index is -0.208. The van der Waals surface area contributed by atoms with E-state index < -0.39 is 0 Å². The summed E-state index contributed by atoms with van der Waals surface area (Å²) in [6.07, 6.45) is 1.77. The number of likely N-dealkylation sites (N-methyl/N-ethyl adjacent to an activating group) is 1. The van der Waals surface area contributed by atoms with Crippen molar-refractivity contribution < 1.29 is 8.81 Å². The number of nitrogens with zero attached hydrogens (tertiary/aromatic N) is 3. The van der Waals surface area contributed by atoms with Crippen LogP contribution in [0.2, 0.25) is 0 Å². The van der Waals surface area contributed by atoms with Crippen LogP contribution in [0.25, 0.3) is 0 Å². The normalized spacial score (nSPS) is 12.0. The monoisotopic (exact) mass is 517 g/mol. The van der Waals surface area contributed by atoms with Crippen molar-refractivity contribution in [3.05, 3.63) is 53.5 Å². The Morgan fingerprint density at radius 3 is 2.48 bits per heavy atom. The summed E-state index contributed by atoms with van der Waals surface area (Å²) in [5.41, 5.74) is 1.02. The molecule has 8 heteroatoms. The highest BCUT2D eigenvalue weighted by Crippen LogP contribution is 2.22. The molecule has 0 bridgehead atoms. The van der Waals surface area contributed by atoms with Crippen LogP contribution in [0.15, 0.2) is 39.9 Å². The average Bonchev–Trinajstić information content (AvgIpc) is 3.11. The van der Waals surface area contributed by atoms with Crippen molar-refractivity contribution in [1.82, 2.24) is 20.5 Å². The molecule has 6 nitrogen and oxygen atoms in total. The number of rotatable bonds is 8. The van der Waals surface area contributed by atoms with Crippen LogP contribution in [0.5, 0.6) is 0 Å². The number of hydrogen-bond acceptors (Lipinski definition) is 4. The van der Waals surface area contributed by atoms with Gasteiger partial charge in [-0.05, 0) is 31.7 Å². The van der Waals surface area contributed by atoms with Gasteiger partial charge in [0.2, 0.25) is 5.89 Å². The van der Waals surface area contributed by atoms with E-state index in [1.165, 1.54) is 12.1 Å². The molecule has 2 N–H and O–H groups in total. The predicted octanol–water partition coefficient (Wildman–Crippen LogP) is 3.92. The average molecular weight is 517 g/mol. The van der Waals surface area contributed by atoms with Crippen molar-refractivity contribution >= 4 is 29.9 Å². The molecule has 2 aromatic rings. The highest BCUT2D eigenvalue weighted by molar-refractivity contribution is 14.0. The van der Waals surface area contributed by atoms with Crippen LogP contribution in [0.4, 0.5) is 4.39 Å². The smallest absolute Gasteiger partial charge is 0.216 e. The van der Waals surface area contributed by atoms with Crippen LogP contribution < -0.4 is 10.6 Å². The minimum absolute atomic E-state index is 0. The molecule has 1 aromatic carbocycles. The number of halogens is 2. The van der Waals surface area contributed by atoms with E-state index in [9.17, 15) is 4.39 Å². The quantitative estimate of drug-likeness (QED) is 0.316. The molecule has 162 valence electrons. The zero-order valence-electron chi connectivity index (χ0n) is 18.0. The lowest BCUT2D eigenvalue weighted by molar-refractivity contribution is 0.331. The first-order valence-corrected chi connectivity index (χ1v) is 9.68. The summed E-state index contributed by atoms with van der Waals surface area (Å²) in [6, 6.07) is 6.61. The van der Waals surface area contributed by atoms with E-state index in [4.69, 9.17) is 4.42 Å². The van der Waals surface area contributed by atoms with Gasteiger partial charge in [0.15, 0.2) is 5.96 Å². The Balaban J connectivity index is 0.00000420. The first-order valence-electron chi connectivity index (χ1n) is 9.68. The fraction of sp³-hybridized carbons (Fsp3) is 0.524. The first-order chi connectivity index (χ1) is 13.3. The van der Waals surface area contributed by atoms with Gasteiger partial charge in [0, 0.05) is 31.6 Å². The highest BCUT2D eigenvalue weighted by Gasteiger charge is 2.19. The number of aliphatic imine (C=N–C) groups is 1. The first kappa shape index (κ1) is 25.4. The Labute approximate surface area is 190 Å². The van der Waals surface area contributed by atoms with Gasteiger partial charge in [0.25, 0.3) is 0 Å². The molecule has 0 unspecified atom stereocenters. The van der Waals surface area contributed by atoms with Crippen LogP contribution in [0.3, 0.4) is 0 Å². The third kappa shape index (κ3) is 9.12. The van der Waals surface area contributed by atoms with Gasteiger partial charge < -0.3 is 20.0 Å². The fourth-order valence-corrected chi connectivity index (χ4v) is 2.56. The van der Waals surface area contributed by atoms with Crippen molar-refractivity contribution in [2.45, 2.75) is 46.2 Å². The number of hydrogen-bond donors (Lipinski definition) is 2. The maximum Gasteiger partial charge on any atom is 0.216 e. The predicted molar refractivity (Wildman–Crippen MR) is 126 cm³/mol. The number of benzene rings is 1. The second-order valence-corrected chi connectivity index (χ2v) is 7.85. The third-order valence-corrected chi connectivity index (χ3v) is 4.16. The van der Waals surface area contributed by atoms with Crippen molar-refractivity contribution in [2.75, 3.05) is 26.7 Å². The van der Waals surface area contributed by atoms with E-state index in [0.29, 0.717) is 12.4 Å². The van der Waals surface area contributed by atoms with Crippen LogP contribution in [-0.4, -0.2) is 42.5 Å². The molecule has 0 aliphatic carbocycles. The van der Waals surface area contributed by atoms with Crippen molar-refractivity contribution in [3.8, 4) is 0 Å². The van der Waals surface area contributed by atoms with Gasteiger partial charge in [-0.3, -0.25) is 0 Å². The lowest BCUT2D eigenvalue weighted by atomic mass is 9.94. The topological polar surface area (TPSA) is 65.7 Å². The van der Waals surface area contributed by atoms with Gasteiger partial charge in [-0.25, -0.2) is 14.4 Å². The summed E-state index contributed by atoms with van der Waals surface area (Å²) in [5.74, 6) is 1.99. The second kappa shape index (κ2) is 12.1. The Morgan fingerprint density at radius 1 is 1.21 bits per heavy atom. The van der Waals surface area contributed by atoms with E-state index in [0.717, 1.165) is 43.5 Å². The molecule has 1 heterocycles. The Morgan fingerprint density at radius 2 is 1.90 bits per heavy atom. The van der Waals surface area contributed by atoms with Gasteiger partial charge in [-0.15, -0.1) is 24.0 Å². The number of aromatic nitrogens is 1. The zero-order chi connectivity index (χ0) is 20.6. The third-order valence-electron chi connectivity index (χ3n) is 4.16. The summed E-state index contributed by atoms with van der Waals surface area (Å²) < 4.78 is 18.8. The van der Waals surface area contributed by atoms with E-state index in [1.54, 1.807) is 6.20 Å². The maximum absolute atomic E-state index is 13.0. The Bertz CT molecular complexity index is 755. The van der Waals surface area contributed by atoms with Crippen molar-refractivity contribution in [1.29, 1.82) is 0 Å². The summed E-state index contributed by atoms with van der Waals surface area (Å²) in [4.78, 5) is 11.0. The van der Waals surface area contributed by atoms with Crippen LogP contribution in [-0.2, 0) is 18.5 Å². The lowest BCUT2D eigenvalue weighted by Crippen LogP contribution is -2.40. The molecular weight excluding hydrogens is 484 g/mol. The molecule has 0 fully saturated rings. The molecule has 0 aliphatic heterocycles. The molecule has 0 aliphatic rings. The zero-order valence-corrected chi connectivity index (χ0v) is 20.3.